The first kappa shape index (κ1) is 13.6. The molecule has 1 aromatic rings. The minimum Gasteiger partial charge on any atom is -0.323 e. The molecule has 100 valence electrons. The van der Waals surface area contributed by atoms with Crippen LogP contribution in [0.5, 0.6) is 0 Å². The van der Waals surface area contributed by atoms with E-state index >= 15 is 0 Å². The molecule has 2 N–H and O–H groups in total. The Balaban J connectivity index is 2.00. The summed E-state index contributed by atoms with van der Waals surface area (Å²) < 4.78 is 0. The number of hydrogen-bond donors (Lipinski definition) is 1. The SMILES string of the molecule is CC(C)(CN1CCCCC1)C(N)c1ccccc1. The van der Waals surface area contributed by atoms with Crippen LogP contribution in [0.25, 0.3) is 0 Å². The van der Waals surface area contributed by atoms with Crippen LogP contribution in [0, 0.1) is 5.41 Å². The minimum atomic E-state index is 0.112. The van der Waals surface area contributed by atoms with Crippen LogP contribution in [-0.4, -0.2) is 24.5 Å². The van der Waals surface area contributed by atoms with Crippen molar-refractivity contribution in [2.24, 2.45) is 11.1 Å². The summed E-state index contributed by atoms with van der Waals surface area (Å²) in [4.78, 5) is 2.58. The van der Waals surface area contributed by atoms with Crippen LogP contribution in [0.2, 0.25) is 0 Å². The Morgan fingerprint density at radius 1 is 1.11 bits per heavy atom. The Morgan fingerprint density at radius 2 is 1.72 bits per heavy atom. The molecule has 1 fully saturated rings. The van der Waals surface area contributed by atoms with E-state index in [1.165, 1.54) is 37.9 Å². The maximum atomic E-state index is 6.46. The van der Waals surface area contributed by atoms with Gasteiger partial charge in [-0.15, -0.1) is 0 Å². The second-order valence-corrected chi connectivity index (χ2v) is 6.21. The third-order valence-corrected chi connectivity index (χ3v) is 4.08. The summed E-state index contributed by atoms with van der Waals surface area (Å²) in [5.41, 5.74) is 7.84. The number of likely N-dealkylation sites (tertiary alicyclic amines) is 1. The quantitative estimate of drug-likeness (QED) is 0.884. The molecule has 1 aliphatic heterocycles. The average molecular weight is 246 g/mol. The lowest BCUT2D eigenvalue weighted by Gasteiger charge is -2.38. The molecule has 1 aromatic carbocycles. The van der Waals surface area contributed by atoms with E-state index < -0.39 is 0 Å². The zero-order valence-electron chi connectivity index (χ0n) is 11.7. The van der Waals surface area contributed by atoms with Crippen molar-refractivity contribution in [2.75, 3.05) is 19.6 Å². The average Bonchev–Trinajstić information content (AvgIpc) is 2.39. The first-order valence-corrected chi connectivity index (χ1v) is 7.12. The fourth-order valence-electron chi connectivity index (χ4n) is 2.90. The van der Waals surface area contributed by atoms with E-state index in [2.05, 4.69) is 43.0 Å². The van der Waals surface area contributed by atoms with Gasteiger partial charge in [0.15, 0.2) is 0 Å². The Bertz CT molecular complexity index is 353. The lowest BCUT2D eigenvalue weighted by atomic mass is 9.80. The molecule has 1 atom stereocenters. The monoisotopic (exact) mass is 246 g/mol. The maximum absolute atomic E-state index is 6.46. The van der Waals surface area contributed by atoms with Gasteiger partial charge >= 0.3 is 0 Å². The lowest BCUT2D eigenvalue weighted by molar-refractivity contribution is 0.132. The molecule has 0 bridgehead atoms. The normalized spacial score (nSPS) is 19.7. The van der Waals surface area contributed by atoms with Crippen LogP contribution in [0.3, 0.4) is 0 Å². The zero-order valence-corrected chi connectivity index (χ0v) is 11.7. The van der Waals surface area contributed by atoms with Gasteiger partial charge in [-0.3, -0.25) is 0 Å². The Morgan fingerprint density at radius 3 is 2.33 bits per heavy atom. The number of nitrogens with two attached hydrogens (primary N) is 1. The van der Waals surface area contributed by atoms with E-state index in [-0.39, 0.29) is 11.5 Å². The molecule has 0 amide bonds. The predicted molar refractivity (Wildman–Crippen MR) is 77.4 cm³/mol. The summed E-state index contributed by atoms with van der Waals surface area (Å²) in [5, 5.41) is 0. The van der Waals surface area contributed by atoms with E-state index in [1.807, 2.05) is 6.07 Å². The van der Waals surface area contributed by atoms with Crippen LogP contribution in [-0.2, 0) is 0 Å². The van der Waals surface area contributed by atoms with Gasteiger partial charge < -0.3 is 10.6 Å². The van der Waals surface area contributed by atoms with Gasteiger partial charge in [0, 0.05) is 12.6 Å². The van der Waals surface area contributed by atoms with E-state index in [0.29, 0.717) is 0 Å². The van der Waals surface area contributed by atoms with Gasteiger partial charge in [-0.25, -0.2) is 0 Å². The Labute approximate surface area is 111 Å². The summed E-state index contributed by atoms with van der Waals surface area (Å²) in [7, 11) is 0. The summed E-state index contributed by atoms with van der Waals surface area (Å²) in [6.07, 6.45) is 4.08. The van der Waals surface area contributed by atoms with Crippen molar-refractivity contribution in [1.29, 1.82) is 0 Å². The van der Waals surface area contributed by atoms with Crippen molar-refractivity contribution in [3.63, 3.8) is 0 Å². The maximum Gasteiger partial charge on any atom is 0.0359 e. The summed E-state index contributed by atoms with van der Waals surface area (Å²) in [6, 6.07) is 10.6. The highest BCUT2D eigenvalue weighted by Crippen LogP contribution is 2.32. The largest absolute Gasteiger partial charge is 0.323 e. The molecule has 2 nitrogen and oxygen atoms in total. The number of nitrogens with zero attached hydrogens (tertiary/aromatic N) is 1. The van der Waals surface area contributed by atoms with Crippen LogP contribution >= 0.6 is 0 Å². The summed E-state index contributed by atoms with van der Waals surface area (Å²) in [5.74, 6) is 0. The van der Waals surface area contributed by atoms with Crippen molar-refractivity contribution in [3.05, 3.63) is 35.9 Å². The molecule has 0 saturated carbocycles. The van der Waals surface area contributed by atoms with Gasteiger partial charge in [0.1, 0.15) is 0 Å². The fourth-order valence-corrected chi connectivity index (χ4v) is 2.90. The van der Waals surface area contributed by atoms with Crippen molar-refractivity contribution < 1.29 is 0 Å². The third-order valence-electron chi connectivity index (χ3n) is 4.08. The number of benzene rings is 1. The van der Waals surface area contributed by atoms with Crippen LogP contribution in [0.4, 0.5) is 0 Å². The van der Waals surface area contributed by atoms with Gasteiger partial charge in [-0.2, -0.15) is 0 Å². The highest BCUT2D eigenvalue weighted by Gasteiger charge is 2.30. The Kier molecular flexibility index (Phi) is 4.41. The highest BCUT2D eigenvalue weighted by molar-refractivity contribution is 5.20. The minimum absolute atomic E-state index is 0.112. The number of rotatable bonds is 4. The molecule has 1 aliphatic rings. The van der Waals surface area contributed by atoms with Crippen molar-refractivity contribution in [3.8, 4) is 0 Å². The molecule has 0 aromatic heterocycles. The topological polar surface area (TPSA) is 29.3 Å². The lowest BCUT2D eigenvalue weighted by Crippen LogP contribution is -2.42. The van der Waals surface area contributed by atoms with Gasteiger partial charge in [0.05, 0.1) is 0 Å². The molecular formula is C16H26N2. The number of hydrogen-bond acceptors (Lipinski definition) is 2. The van der Waals surface area contributed by atoms with Crippen molar-refractivity contribution in [1.82, 2.24) is 4.90 Å². The van der Waals surface area contributed by atoms with E-state index in [0.717, 1.165) is 6.54 Å². The van der Waals surface area contributed by atoms with Gasteiger partial charge in [0.25, 0.3) is 0 Å². The summed E-state index contributed by atoms with van der Waals surface area (Å²) in [6.45, 7) is 8.16. The zero-order chi connectivity index (χ0) is 13.0. The first-order chi connectivity index (χ1) is 8.59. The Hall–Kier alpha value is -0.860. The molecule has 2 heteroatoms. The second kappa shape index (κ2) is 5.85. The van der Waals surface area contributed by atoms with Gasteiger partial charge in [-0.1, -0.05) is 50.6 Å². The van der Waals surface area contributed by atoms with Crippen molar-refractivity contribution in [2.45, 2.75) is 39.2 Å². The van der Waals surface area contributed by atoms with Crippen LogP contribution in [0.1, 0.15) is 44.7 Å². The summed E-state index contributed by atoms with van der Waals surface area (Å²) >= 11 is 0. The molecule has 0 spiro atoms. The molecule has 1 heterocycles. The van der Waals surface area contributed by atoms with Gasteiger partial charge in [0.2, 0.25) is 0 Å². The molecule has 0 radical (unpaired) electrons. The molecule has 2 rings (SSSR count). The molecule has 18 heavy (non-hydrogen) atoms. The number of piperidine rings is 1. The predicted octanol–water partition coefficient (Wildman–Crippen LogP) is 3.20. The smallest absolute Gasteiger partial charge is 0.0359 e. The second-order valence-electron chi connectivity index (χ2n) is 6.21. The van der Waals surface area contributed by atoms with E-state index in [1.54, 1.807) is 0 Å². The van der Waals surface area contributed by atoms with Crippen LogP contribution < -0.4 is 5.73 Å². The van der Waals surface area contributed by atoms with Gasteiger partial charge in [-0.05, 0) is 36.9 Å². The highest BCUT2D eigenvalue weighted by atomic mass is 15.1. The fraction of sp³-hybridized carbons (Fsp3) is 0.625. The standard InChI is InChI=1S/C16H26N2/c1-16(2,13-18-11-7-4-8-12-18)15(17)14-9-5-3-6-10-14/h3,5-6,9-10,15H,4,7-8,11-13,17H2,1-2H3. The molecule has 1 saturated heterocycles. The van der Waals surface area contributed by atoms with E-state index in [4.69, 9.17) is 5.73 Å². The van der Waals surface area contributed by atoms with Crippen LogP contribution in [0.15, 0.2) is 30.3 Å². The first-order valence-electron chi connectivity index (χ1n) is 7.12. The van der Waals surface area contributed by atoms with E-state index in [9.17, 15) is 0 Å². The third kappa shape index (κ3) is 3.33. The molecule has 1 unspecified atom stereocenters. The molecule has 0 aliphatic carbocycles. The molecular weight excluding hydrogens is 220 g/mol. The van der Waals surface area contributed by atoms with Crippen molar-refractivity contribution >= 4 is 0 Å².